The van der Waals surface area contributed by atoms with Crippen LogP contribution in [-0.4, -0.2) is 17.5 Å². The molecular formula is C26H30F6N2. The van der Waals surface area contributed by atoms with E-state index >= 15 is 0 Å². The van der Waals surface area contributed by atoms with Crippen LogP contribution in [0.4, 0.5) is 26.3 Å². The first-order valence-electron chi connectivity index (χ1n) is 11.2. The zero-order valence-electron chi connectivity index (χ0n) is 19.8. The van der Waals surface area contributed by atoms with E-state index in [4.69, 9.17) is 0 Å². The molecule has 0 saturated carbocycles. The van der Waals surface area contributed by atoms with Gasteiger partial charge in [-0.1, -0.05) is 50.2 Å². The molecule has 0 fully saturated rings. The molecule has 0 aliphatic rings. The van der Waals surface area contributed by atoms with Crippen molar-refractivity contribution in [3.63, 3.8) is 0 Å². The SMILES string of the molecule is CC(C)N(CCCC(C#N)(c1ccc(C(F)(F)F)c(C(F)(F)F)c1)C(C)C)Cc1ccccc1. The summed E-state index contributed by atoms with van der Waals surface area (Å²) in [4.78, 5) is 2.20. The molecule has 2 nitrogen and oxygen atoms in total. The fourth-order valence-corrected chi connectivity index (χ4v) is 4.22. The van der Waals surface area contributed by atoms with Crippen molar-refractivity contribution in [1.82, 2.24) is 4.90 Å². The van der Waals surface area contributed by atoms with Crippen molar-refractivity contribution in [2.75, 3.05) is 6.54 Å². The average Bonchev–Trinajstić information content (AvgIpc) is 2.75. The van der Waals surface area contributed by atoms with Crippen LogP contribution in [0.5, 0.6) is 0 Å². The highest BCUT2D eigenvalue weighted by Gasteiger charge is 2.45. The molecule has 0 amide bonds. The predicted molar refractivity (Wildman–Crippen MR) is 120 cm³/mol. The highest BCUT2D eigenvalue weighted by atomic mass is 19.4. The van der Waals surface area contributed by atoms with Crippen LogP contribution in [0.25, 0.3) is 0 Å². The molecule has 34 heavy (non-hydrogen) atoms. The average molecular weight is 485 g/mol. The minimum atomic E-state index is -5.19. The highest BCUT2D eigenvalue weighted by Crippen LogP contribution is 2.44. The van der Waals surface area contributed by atoms with E-state index in [2.05, 4.69) is 11.0 Å². The fraction of sp³-hybridized carbons (Fsp3) is 0.500. The molecule has 0 aliphatic heterocycles. The van der Waals surface area contributed by atoms with Gasteiger partial charge in [-0.25, -0.2) is 0 Å². The molecule has 2 aromatic carbocycles. The van der Waals surface area contributed by atoms with Crippen LogP contribution >= 0.6 is 0 Å². The lowest BCUT2D eigenvalue weighted by molar-refractivity contribution is -0.162. The summed E-state index contributed by atoms with van der Waals surface area (Å²) in [5.74, 6) is -0.406. The van der Waals surface area contributed by atoms with Gasteiger partial charge in [-0.15, -0.1) is 0 Å². The monoisotopic (exact) mass is 484 g/mol. The Balaban J connectivity index is 2.35. The molecular weight excluding hydrogens is 454 g/mol. The molecule has 2 rings (SSSR count). The maximum absolute atomic E-state index is 13.5. The number of benzene rings is 2. The van der Waals surface area contributed by atoms with E-state index in [9.17, 15) is 31.6 Å². The third-order valence-corrected chi connectivity index (χ3v) is 6.31. The van der Waals surface area contributed by atoms with Crippen LogP contribution in [-0.2, 0) is 24.3 Å². The molecule has 186 valence electrons. The Labute approximate surface area is 197 Å². The van der Waals surface area contributed by atoms with Crippen LogP contribution < -0.4 is 0 Å². The molecule has 0 aliphatic carbocycles. The summed E-state index contributed by atoms with van der Waals surface area (Å²) in [6.45, 7) is 8.76. The molecule has 1 atom stereocenters. The van der Waals surface area contributed by atoms with Crippen molar-refractivity contribution in [1.29, 1.82) is 5.26 Å². The number of nitrogens with zero attached hydrogens (tertiary/aromatic N) is 2. The summed E-state index contributed by atoms with van der Waals surface area (Å²) in [6, 6.07) is 14.1. The summed E-state index contributed by atoms with van der Waals surface area (Å²) < 4.78 is 80.2. The van der Waals surface area contributed by atoms with Crippen molar-refractivity contribution in [2.24, 2.45) is 5.92 Å². The summed E-state index contributed by atoms with van der Waals surface area (Å²) in [7, 11) is 0. The van der Waals surface area contributed by atoms with Gasteiger partial charge in [0, 0.05) is 12.6 Å². The molecule has 0 heterocycles. The van der Waals surface area contributed by atoms with Crippen molar-refractivity contribution in [3.8, 4) is 6.07 Å². The van der Waals surface area contributed by atoms with Gasteiger partial charge in [0.15, 0.2) is 0 Å². The van der Waals surface area contributed by atoms with Gasteiger partial charge in [0.1, 0.15) is 0 Å². The second kappa shape index (κ2) is 10.8. The first-order valence-corrected chi connectivity index (χ1v) is 11.2. The molecule has 0 N–H and O–H groups in total. The van der Waals surface area contributed by atoms with Gasteiger partial charge in [-0.2, -0.15) is 31.6 Å². The summed E-state index contributed by atoms with van der Waals surface area (Å²) >= 11 is 0. The second-order valence-electron chi connectivity index (χ2n) is 9.15. The maximum Gasteiger partial charge on any atom is 0.417 e. The molecule has 0 radical (unpaired) electrons. The van der Waals surface area contributed by atoms with Gasteiger partial charge in [-0.05, 0) is 62.4 Å². The fourth-order valence-electron chi connectivity index (χ4n) is 4.22. The van der Waals surface area contributed by atoms with E-state index in [0.717, 1.165) is 11.6 Å². The Hall–Kier alpha value is -2.53. The van der Waals surface area contributed by atoms with Gasteiger partial charge >= 0.3 is 12.4 Å². The number of halogens is 6. The lowest BCUT2D eigenvalue weighted by Gasteiger charge is -2.34. The lowest BCUT2D eigenvalue weighted by atomic mass is 9.69. The van der Waals surface area contributed by atoms with E-state index in [1.54, 1.807) is 13.8 Å². The van der Waals surface area contributed by atoms with Crippen molar-refractivity contribution < 1.29 is 26.3 Å². The molecule has 0 bridgehead atoms. The summed E-state index contributed by atoms with van der Waals surface area (Å²) in [5.41, 5.74) is -3.77. The molecule has 2 aromatic rings. The minimum Gasteiger partial charge on any atom is -0.297 e. The Morgan fingerprint density at radius 1 is 0.853 bits per heavy atom. The first-order chi connectivity index (χ1) is 15.7. The smallest absolute Gasteiger partial charge is 0.297 e. The second-order valence-corrected chi connectivity index (χ2v) is 9.15. The topological polar surface area (TPSA) is 27.0 Å². The largest absolute Gasteiger partial charge is 0.417 e. The molecule has 0 spiro atoms. The van der Waals surface area contributed by atoms with E-state index in [1.165, 1.54) is 0 Å². The van der Waals surface area contributed by atoms with E-state index in [0.29, 0.717) is 31.6 Å². The van der Waals surface area contributed by atoms with Crippen LogP contribution in [0.3, 0.4) is 0 Å². The highest BCUT2D eigenvalue weighted by molar-refractivity contribution is 5.42. The number of hydrogen-bond acceptors (Lipinski definition) is 2. The standard InChI is InChI=1S/C26H30F6N2/c1-18(2)24(17-33,13-8-14-34(19(3)4)16-20-9-6-5-7-10-20)21-11-12-22(25(27,28)29)23(15-21)26(30,31)32/h5-7,9-12,15,18-19H,8,13-14,16H2,1-4H3. The number of rotatable bonds is 9. The van der Waals surface area contributed by atoms with E-state index in [-0.39, 0.29) is 18.0 Å². The normalized spacial score (nSPS) is 14.5. The van der Waals surface area contributed by atoms with Crippen molar-refractivity contribution in [2.45, 2.75) is 70.9 Å². The first kappa shape index (κ1) is 27.7. The zero-order valence-corrected chi connectivity index (χ0v) is 19.8. The minimum absolute atomic E-state index is 0.0375. The van der Waals surface area contributed by atoms with Crippen LogP contribution in [0.1, 0.15) is 62.8 Å². The predicted octanol–water partition coefficient (Wildman–Crippen LogP) is 7.83. The molecule has 1 unspecified atom stereocenters. The third-order valence-electron chi connectivity index (χ3n) is 6.31. The number of hydrogen-bond donors (Lipinski definition) is 0. The van der Waals surface area contributed by atoms with E-state index in [1.807, 2.05) is 44.2 Å². The lowest BCUT2D eigenvalue weighted by Crippen LogP contribution is -2.35. The quantitative estimate of drug-likeness (QED) is 0.339. The number of alkyl halides is 6. The van der Waals surface area contributed by atoms with Crippen LogP contribution in [0.15, 0.2) is 48.5 Å². The maximum atomic E-state index is 13.5. The molecule has 0 aromatic heterocycles. The van der Waals surface area contributed by atoms with Crippen molar-refractivity contribution >= 4 is 0 Å². The van der Waals surface area contributed by atoms with E-state index < -0.39 is 34.8 Å². The van der Waals surface area contributed by atoms with Gasteiger partial charge in [-0.3, -0.25) is 4.90 Å². The summed E-state index contributed by atoms with van der Waals surface area (Å²) in [5, 5.41) is 10.1. The zero-order chi connectivity index (χ0) is 25.7. The van der Waals surface area contributed by atoms with Gasteiger partial charge in [0.2, 0.25) is 0 Å². The Kier molecular flexibility index (Phi) is 8.81. The van der Waals surface area contributed by atoms with Gasteiger partial charge in [0.25, 0.3) is 0 Å². The van der Waals surface area contributed by atoms with Crippen LogP contribution in [0, 0.1) is 17.2 Å². The molecule has 8 heteroatoms. The summed E-state index contributed by atoms with van der Waals surface area (Å²) in [6.07, 6.45) is -9.62. The van der Waals surface area contributed by atoms with Crippen molar-refractivity contribution in [3.05, 3.63) is 70.8 Å². The van der Waals surface area contributed by atoms with Crippen LogP contribution in [0.2, 0.25) is 0 Å². The Morgan fingerprint density at radius 3 is 1.91 bits per heavy atom. The van der Waals surface area contributed by atoms with Gasteiger partial charge in [0.05, 0.1) is 22.6 Å². The molecule has 0 saturated heterocycles. The Bertz CT molecular complexity index is 974. The Morgan fingerprint density at radius 2 is 1.44 bits per heavy atom. The number of nitriles is 1. The van der Waals surface area contributed by atoms with Gasteiger partial charge < -0.3 is 0 Å². The third kappa shape index (κ3) is 6.53.